The predicted molar refractivity (Wildman–Crippen MR) is 60.6 cm³/mol. The molecule has 1 atom stereocenters. The van der Waals surface area contributed by atoms with Crippen LogP contribution in [0.5, 0.6) is 5.75 Å². The second-order valence-electron chi connectivity index (χ2n) is 4.42. The largest absolute Gasteiger partial charge is 0.573 e. The Morgan fingerprint density at radius 1 is 1.40 bits per heavy atom. The van der Waals surface area contributed by atoms with Crippen molar-refractivity contribution in [3.05, 3.63) is 24.0 Å². The summed E-state index contributed by atoms with van der Waals surface area (Å²) in [7, 11) is 0. The lowest BCUT2D eigenvalue weighted by Gasteiger charge is -2.18. The van der Waals surface area contributed by atoms with Gasteiger partial charge in [0.2, 0.25) is 5.91 Å². The second-order valence-corrected chi connectivity index (χ2v) is 4.42. The molecule has 8 heteroatoms. The van der Waals surface area contributed by atoms with E-state index in [0.29, 0.717) is 0 Å². The molecule has 20 heavy (non-hydrogen) atoms. The first-order chi connectivity index (χ1) is 9.30. The first-order valence-corrected chi connectivity index (χ1v) is 5.76. The normalized spacial score (nSPS) is 19.6. The number of hydrogen-bond acceptors (Lipinski definition) is 3. The molecule has 0 saturated carbocycles. The topological polar surface area (TPSA) is 49.8 Å². The maximum absolute atomic E-state index is 13.7. The standard InChI is InChI=1S/C12H11F4NO3/c13-9-2-1-8(20-12(14,15)16)4-10(9)17-5-7(6-18)3-11(17)19/h1-2,4,7,18H,3,5-6H2. The van der Waals surface area contributed by atoms with E-state index in [1.807, 2.05) is 0 Å². The molecule has 0 aromatic heterocycles. The van der Waals surface area contributed by atoms with Crippen LogP contribution in [0.3, 0.4) is 0 Å². The average molecular weight is 293 g/mol. The molecule has 1 N–H and O–H groups in total. The number of alkyl halides is 3. The first kappa shape index (κ1) is 14.6. The zero-order valence-electron chi connectivity index (χ0n) is 10.2. The summed E-state index contributed by atoms with van der Waals surface area (Å²) in [6.45, 7) is -0.190. The van der Waals surface area contributed by atoms with E-state index in [9.17, 15) is 22.4 Å². The number of nitrogens with zero attached hydrogens (tertiary/aromatic N) is 1. The van der Waals surface area contributed by atoms with Crippen LogP contribution < -0.4 is 9.64 Å². The van der Waals surface area contributed by atoms with E-state index in [0.717, 1.165) is 23.1 Å². The number of hydrogen-bond donors (Lipinski definition) is 1. The highest BCUT2D eigenvalue weighted by Crippen LogP contribution is 2.32. The Kier molecular flexibility index (Phi) is 3.85. The summed E-state index contributed by atoms with van der Waals surface area (Å²) in [4.78, 5) is 12.7. The Bertz CT molecular complexity index is 518. The summed E-state index contributed by atoms with van der Waals surface area (Å²) in [5.41, 5.74) is -0.285. The quantitative estimate of drug-likeness (QED) is 0.868. The van der Waals surface area contributed by atoms with E-state index in [-0.39, 0.29) is 31.2 Å². The Balaban J connectivity index is 2.27. The van der Waals surface area contributed by atoms with Crippen LogP contribution in [0, 0.1) is 11.7 Å². The molecule has 1 heterocycles. The zero-order valence-corrected chi connectivity index (χ0v) is 10.2. The molecular formula is C12H11F4NO3. The number of amides is 1. The van der Waals surface area contributed by atoms with Gasteiger partial charge >= 0.3 is 6.36 Å². The van der Waals surface area contributed by atoms with E-state index < -0.39 is 23.8 Å². The predicted octanol–water partition coefficient (Wildman–Crippen LogP) is 2.07. The van der Waals surface area contributed by atoms with E-state index in [4.69, 9.17) is 5.11 Å². The van der Waals surface area contributed by atoms with E-state index in [2.05, 4.69) is 4.74 Å². The van der Waals surface area contributed by atoms with Gasteiger partial charge in [-0.05, 0) is 12.1 Å². The molecule has 110 valence electrons. The van der Waals surface area contributed by atoms with Gasteiger partial charge in [-0.15, -0.1) is 13.2 Å². The fourth-order valence-electron chi connectivity index (χ4n) is 2.03. The van der Waals surface area contributed by atoms with Crippen LogP contribution in [0.1, 0.15) is 6.42 Å². The molecule has 0 spiro atoms. The molecule has 0 radical (unpaired) electrons. The van der Waals surface area contributed by atoms with Crippen molar-refractivity contribution >= 4 is 11.6 Å². The highest BCUT2D eigenvalue weighted by atomic mass is 19.4. The van der Waals surface area contributed by atoms with Gasteiger partial charge in [0.05, 0.1) is 5.69 Å². The maximum atomic E-state index is 13.7. The molecule has 1 aromatic rings. The molecule has 1 aromatic carbocycles. The fourth-order valence-corrected chi connectivity index (χ4v) is 2.03. The number of aliphatic hydroxyl groups is 1. The van der Waals surface area contributed by atoms with E-state index in [1.54, 1.807) is 0 Å². The number of benzene rings is 1. The minimum Gasteiger partial charge on any atom is -0.406 e. The molecule has 0 bridgehead atoms. The SMILES string of the molecule is O=C1CC(CO)CN1c1cc(OC(F)(F)F)ccc1F. The van der Waals surface area contributed by atoms with Gasteiger partial charge < -0.3 is 14.7 Å². The minimum absolute atomic E-state index is 0.0281. The Morgan fingerprint density at radius 2 is 2.10 bits per heavy atom. The molecule has 1 unspecified atom stereocenters. The second kappa shape index (κ2) is 5.28. The van der Waals surface area contributed by atoms with Crippen LogP contribution in [-0.2, 0) is 4.79 Å². The number of carbonyl (C=O) groups excluding carboxylic acids is 1. The summed E-state index contributed by atoms with van der Waals surface area (Å²) in [6, 6.07) is 2.45. The van der Waals surface area contributed by atoms with Gasteiger partial charge in [-0.2, -0.15) is 0 Å². The number of carbonyl (C=O) groups is 1. The van der Waals surface area contributed by atoms with Crippen molar-refractivity contribution in [3.8, 4) is 5.75 Å². The summed E-state index contributed by atoms with van der Waals surface area (Å²) in [5.74, 6) is -2.23. The van der Waals surface area contributed by atoms with Crippen LogP contribution in [-0.4, -0.2) is 30.5 Å². The number of ether oxygens (including phenoxy) is 1. The number of rotatable bonds is 3. The smallest absolute Gasteiger partial charge is 0.406 e. The summed E-state index contributed by atoms with van der Waals surface area (Å²) < 4.78 is 53.7. The van der Waals surface area contributed by atoms with Crippen LogP contribution in [0.25, 0.3) is 0 Å². The van der Waals surface area contributed by atoms with Gasteiger partial charge in [-0.1, -0.05) is 0 Å². The summed E-state index contributed by atoms with van der Waals surface area (Å²) >= 11 is 0. The molecule has 1 saturated heterocycles. The summed E-state index contributed by atoms with van der Waals surface area (Å²) in [5, 5.41) is 8.98. The first-order valence-electron chi connectivity index (χ1n) is 5.76. The van der Waals surface area contributed by atoms with Crippen LogP contribution in [0.4, 0.5) is 23.2 Å². The lowest BCUT2D eigenvalue weighted by atomic mass is 10.1. The van der Waals surface area contributed by atoms with Gasteiger partial charge in [-0.3, -0.25) is 4.79 Å². The zero-order chi connectivity index (χ0) is 14.9. The van der Waals surface area contributed by atoms with Crippen LogP contribution in [0.15, 0.2) is 18.2 Å². The molecular weight excluding hydrogens is 282 g/mol. The highest BCUT2D eigenvalue weighted by molar-refractivity contribution is 5.96. The molecule has 1 amide bonds. The Hall–Kier alpha value is -1.83. The third-order valence-corrected chi connectivity index (χ3v) is 2.91. The molecule has 1 aliphatic rings. The minimum atomic E-state index is -4.89. The van der Waals surface area contributed by atoms with Gasteiger partial charge in [0.15, 0.2) is 0 Å². The number of aliphatic hydroxyl groups excluding tert-OH is 1. The number of anilines is 1. The molecule has 4 nitrogen and oxygen atoms in total. The van der Waals surface area contributed by atoms with Crippen LogP contribution >= 0.6 is 0 Å². The molecule has 1 fully saturated rings. The van der Waals surface area contributed by atoms with Crippen molar-refractivity contribution < 1.29 is 32.2 Å². The maximum Gasteiger partial charge on any atom is 0.573 e. The molecule has 1 aliphatic heterocycles. The van der Waals surface area contributed by atoms with Crippen molar-refractivity contribution in [2.75, 3.05) is 18.1 Å². The third-order valence-electron chi connectivity index (χ3n) is 2.91. The fraction of sp³-hybridized carbons (Fsp3) is 0.417. The monoisotopic (exact) mass is 293 g/mol. The van der Waals surface area contributed by atoms with Crippen molar-refractivity contribution in [1.82, 2.24) is 0 Å². The van der Waals surface area contributed by atoms with E-state index >= 15 is 0 Å². The van der Waals surface area contributed by atoms with Gasteiger partial charge in [-0.25, -0.2) is 4.39 Å². The van der Waals surface area contributed by atoms with Crippen molar-refractivity contribution in [2.24, 2.45) is 5.92 Å². The van der Waals surface area contributed by atoms with Crippen molar-refractivity contribution in [1.29, 1.82) is 0 Å². The van der Waals surface area contributed by atoms with E-state index in [1.165, 1.54) is 0 Å². The van der Waals surface area contributed by atoms with Gasteiger partial charge in [0, 0.05) is 31.6 Å². The number of halogens is 4. The van der Waals surface area contributed by atoms with Crippen LogP contribution in [0.2, 0.25) is 0 Å². The molecule has 0 aliphatic carbocycles. The lowest BCUT2D eigenvalue weighted by Crippen LogP contribution is -2.26. The van der Waals surface area contributed by atoms with Crippen molar-refractivity contribution in [2.45, 2.75) is 12.8 Å². The van der Waals surface area contributed by atoms with Crippen molar-refractivity contribution in [3.63, 3.8) is 0 Å². The van der Waals surface area contributed by atoms with Gasteiger partial charge in [0.1, 0.15) is 11.6 Å². The third kappa shape index (κ3) is 3.19. The highest BCUT2D eigenvalue weighted by Gasteiger charge is 2.34. The van der Waals surface area contributed by atoms with Gasteiger partial charge in [0.25, 0.3) is 0 Å². The average Bonchev–Trinajstić information content (AvgIpc) is 2.71. The Labute approximate surface area is 111 Å². The Morgan fingerprint density at radius 3 is 2.65 bits per heavy atom. The molecule has 2 rings (SSSR count). The lowest BCUT2D eigenvalue weighted by molar-refractivity contribution is -0.274. The summed E-state index contributed by atoms with van der Waals surface area (Å²) in [6.07, 6.45) is -4.86.